The Bertz CT molecular complexity index is 556. The normalized spacial score (nSPS) is 11.5. The van der Waals surface area contributed by atoms with E-state index in [-0.39, 0.29) is 5.83 Å². The number of allylic oxidation sites excluding steroid dienone is 2. The van der Waals surface area contributed by atoms with Gasteiger partial charge in [-0.05, 0) is 46.2 Å². The van der Waals surface area contributed by atoms with E-state index in [4.69, 9.17) is 0 Å². The molecule has 0 N–H and O–H groups in total. The maximum absolute atomic E-state index is 13.8. The molecule has 0 unspecified atom stereocenters. The summed E-state index contributed by atoms with van der Waals surface area (Å²) in [7, 11) is 0. The van der Waals surface area contributed by atoms with Crippen LogP contribution >= 0.6 is 27.3 Å². The third-order valence-corrected chi connectivity index (χ3v) is 3.72. The van der Waals surface area contributed by atoms with Crippen LogP contribution in [-0.4, -0.2) is 0 Å². The Morgan fingerprint density at radius 3 is 2.76 bits per heavy atom. The molecule has 0 fully saturated rings. The number of hydrogen-bond acceptors (Lipinski definition) is 1. The summed E-state index contributed by atoms with van der Waals surface area (Å²) >= 11 is 4.98. The monoisotopic (exact) mass is 308 g/mol. The minimum absolute atomic E-state index is 0.288. The van der Waals surface area contributed by atoms with Gasteiger partial charge in [0.1, 0.15) is 5.83 Å². The van der Waals surface area contributed by atoms with Crippen LogP contribution in [0.3, 0.4) is 0 Å². The third-order valence-electron chi connectivity index (χ3n) is 2.34. The maximum Gasteiger partial charge on any atom is 0.131 e. The van der Waals surface area contributed by atoms with Crippen LogP contribution in [0.4, 0.5) is 4.39 Å². The topological polar surface area (TPSA) is 0 Å². The zero-order valence-corrected chi connectivity index (χ0v) is 11.4. The van der Waals surface area contributed by atoms with E-state index >= 15 is 0 Å². The van der Waals surface area contributed by atoms with Gasteiger partial charge in [-0.25, -0.2) is 4.39 Å². The van der Waals surface area contributed by atoms with Gasteiger partial charge >= 0.3 is 0 Å². The molecule has 86 valence electrons. The van der Waals surface area contributed by atoms with Crippen LogP contribution in [0.25, 0.3) is 17.0 Å². The van der Waals surface area contributed by atoms with Gasteiger partial charge < -0.3 is 0 Å². The highest BCUT2D eigenvalue weighted by Crippen LogP contribution is 2.31. The number of halogens is 2. The molecular formula is C14H10BrFS. The summed E-state index contributed by atoms with van der Waals surface area (Å²) in [5.41, 5.74) is 2.67. The highest BCUT2D eigenvalue weighted by molar-refractivity contribution is 9.10. The summed E-state index contributed by atoms with van der Waals surface area (Å²) in [6.45, 7) is 3.50. The highest BCUT2D eigenvalue weighted by atomic mass is 79.9. The molecule has 0 saturated heterocycles. The Morgan fingerprint density at radius 1 is 1.29 bits per heavy atom. The molecule has 2 rings (SSSR count). The Labute approximate surface area is 112 Å². The molecule has 0 nitrogen and oxygen atoms in total. The zero-order chi connectivity index (χ0) is 12.3. The lowest BCUT2D eigenvalue weighted by molar-refractivity contribution is 0.759. The highest BCUT2D eigenvalue weighted by Gasteiger charge is 2.07. The molecule has 1 aromatic heterocycles. The first kappa shape index (κ1) is 12.3. The third kappa shape index (κ3) is 2.73. The molecule has 0 saturated carbocycles. The molecule has 1 heterocycles. The quantitative estimate of drug-likeness (QED) is 0.640. The predicted molar refractivity (Wildman–Crippen MR) is 76.7 cm³/mol. The molecule has 0 spiro atoms. The molecule has 0 aliphatic rings. The molecule has 2 aromatic rings. The van der Waals surface area contributed by atoms with Crippen molar-refractivity contribution >= 4 is 33.1 Å². The van der Waals surface area contributed by atoms with Crippen molar-refractivity contribution in [3.8, 4) is 11.1 Å². The lowest BCUT2D eigenvalue weighted by Gasteiger charge is -2.05. The number of benzene rings is 1. The van der Waals surface area contributed by atoms with Gasteiger partial charge in [-0.2, -0.15) is 11.3 Å². The minimum Gasteiger partial charge on any atom is -0.206 e. The average Bonchev–Trinajstić information content (AvgIpc) is 2.83. The van der Waals surface area contributed by atoms with Crippen molar-refractivity contribution in [3.05, 3.63) is 63.8 Å². The molecule has 0 radical (unpaired) electrons. The average molecular weight is 309 g/mol. The van der Waals surface area contributed by atoms with Crippen LogP contribution in [0.15, 0.2) is 58.2 Å². The maximum atomic E-state index is 13.8. The van der Waals surface area contributed by atoms with E-state index < -0.39 is 0 Å². The van der Waals surface area contributed by atoms with Crippen molar-refractivity contribution in [2.24, 2.45) is 0 Å². The largest absolute Gasteiger partial charge is 0.206 e. The van der Waals surface area contributed by atoms with E-state index in [2.05, 4.69) is 22.5 Å². The zero-order valence-electron chi connectivity index (χ0n) is 8.99. The minimum atomic E-state index is -0.288. The van der Waals surface area contributed by atoms with Crippen molar-refractivity contribution in [1.29, 1.82) is 0 Å². The lowest BCUT2D eigenvalue weighted by atomic mass is 10.1. The first-order valence-electron chi connectivity index (χ1n) is 5.03. The second kappa shape index (κ2) is 5.43. The lowest BCUT2D eigenvalue weighted by Crippen LogP contribution is -1.83. The van der Waals surface area contributed by atoms with E-state index in [0.29, 0.717) is 5.56 Å². The first-order valence-corrected chi connectivity index (χ1v) is 6.76. The van der Waals surface area contributed by atoms with Gasteiger partial charge in [-0.1, -0.05) is 34.7 Å². The van der Waals surface area contributed by atoms with E-state index in [1.807, 2.05) is 35.0 Å². The Hall–Kier alpha value is -1.19. The summed E-state index contributed by atoms with van der Waals surface area (Å²) in [4.78, 5) is 0. The van der Waals surface area contributed by atoms with Gasteiger partial charge in [0.2, 0.25) is 0 Å². The number of thiophene rings is 1. The van der Waals surface area contributed by atoms with Gasteiger partial charge in [-0.15, -0.1) is 0 Å². The fourth-order valence-electron chi connectivity index (χ4n) is 1.51. The van der Waals surface area contributed by atoms with Gasteiger partial charge in [0.05, 0.1) is 0 Å². The standard InChI is InChI=1S/C14H10BrFS/c1-2-3-14(16)12-8-10(4-5-13(12)15)11-6-7-17-9-11/h2-9H,1H2/b14-3-. The van der Waals surface area contributed by atoms with E-state index in [0.717, 1.165) is 15.6 Å². The van der Waals surface area contributed by atoms with Crippen LogP contribution in [0.5, 0.6) is 0 Å². The van der Waals surface area contributed by atoms with Crippen LogP contribution in [0.1, 0.15) is 5.56 Å². The SMILES string of the molecule is C=C/C=C(\F)c1cc(-c2ccsc2)ccc1Br. The molecule has 17 heavy (non-hydrogen) atoms. The second-order valence-corrected chi connectivity index (χ2v) is 5.09. The molecule has 0 amide bonds. The molecule has 0 bridgehead atoms. The van der Waals surface area contributed by atoms with E-state index in [1.54, 1.807) is 11.3 Å². The first-order chi connectivity index (χ1) is 8.22. The summed E-state index contributed by atoms with van der Waals surface area (Å²) in [6.07, 6.45) is 2.80. The fraction of sp³-hybridized carbons (Fsp3) is 0. The number of hydrogen-bond donors (Lipinski definition) is 0. The Morgan fingerprint density at radius 2 is 2.12 bits per heavy atom. The van der Waals surface area contributed by atoms with Crippen molar-refractivity contribution in [3.63, 3.8) is 0 Å². The van der Waals surface area contributed by atoms with Crippen molar-refractivity contribution in [2.45, 2.75) is 0 Å². The van der Waals surface area contributed by atoms with Gasteiger partial charge in [0.25, 0.3) is 0 Å². The molecule has 0 aliphatic carbocycles. The van der Waals surface area contributed by atoms with Crippen molar-refractivity contribution in [2.75, 3.05) is 0 Å². The van der Waals surface area contributed by atoms with Crippen molar-refractivity contribution in [1.82, 2.24) is 0 Å². The summed E-state index contributed by atoms with van der Waals surface area (Å²) in [5.74, 6) is -0.288. The molecular weight excluding hydrogens is 299 g/mol. The second-order valence-electron chi connectivity index (χ2n) is 3.46. The molecule has 0 aliphatic heterocycles. The van der Waals surface area contributed by atoms with E-state index in [1.165, 1.54) is 12.2 Å². The summed E-state index contributed by atoms with van der Waals surface area (Å²) in [5, 5.41) is 4.05. The molecule has 1 aromatic carbocycles. The smallest absolute Gasteiger partial charge is 0.131 e. The van der Waals surface area contributed by atoms with Crippen LogP contribution in [0.2, 0.25) is 0 Å². The number of rotatable bonds is 3. The fourth-order valence-corrected chi connectivity index (χ4v) is 2.61. The van der Waals surface area contributed by atoms with Crippen molar-refractivity contribution < 1.29 is 4.39 Å². The summed E-state index contributed by atoms with van der Waals surface area (Å²) < 4.78 is 14.5. The Balaban J connectivity index is 2.50. The summed E-state index contributed by atoms with van der Waals surface area (Å²) in [6, 6.07) is 7.68. The Kier molecular flexibility index (Phi) is 3.92. The molecule has 0 atom stereocenters. The van der Waals surface area contributed by atoms with Gasteiger partial charge in [-0.3, -0.25) is 0 Å². The van der Waals surface area contributed by atoms with Crippen LogP contribution in [-0.2, 0) is 0 Å². The predicted octanol–water partition coefficient (Wildman–Crippen LogP) is 5.67. The van der Waals surface area contributed by atoms with Crippen LogP contribution < -0.4 is 0 Å². The van der Waals surface area contributed by atoms with Gasteiger partial charge in [0, 0.05) is 10.0 Å². The van der Waals surface area contributed by atoms with E-state index in [9.17, 15) is 4.39 Å². The molecule has 3 heteroatoms. The van der Waals surface area contributed by atoms with Crippen LogP contribution in [0, 0.1) is 0 Å². The van der Waals surface area contributed by atoms with Gasteiger partial charge in [0.15, 0.2) is 0 Å².